The van der Waals surface area contributed by atoms with Crippen molar-refractivity contribution < 1.29 is 5.11 Å². The molecule has 2 unspecified atom stereocenters. The Hall–Kier alpha value is -1.13. The molecule has 0 saturated carbocycles. The standard InChI is InChI=1S/C16H25N3O/c1-12-10-18-8-4-3-5-15(18)11-19(12)16-9-14(13(2)20)6-7-17-16/h6-7,9,12-13,15,20H,3-5,8,10-11H2,1-2H3/t12?,13-,15?/m0/s1. The summed E-state index contributed by atoms with van der Waals surface area (Å²) < 4.78 is 0. The van der Waals surface area contributed by atoms with Gasteiger partial charge in [0.2, 0.25) is 0 Å². The van der Waals surface area contributed by atoms with Crippen LogP contribution in [0.3, 0.4) is 0 Å². The normalized spacial score (nSPS) is 29.1. The molecule has 0 bridgehead atoms. The smallest absolute Gasteiger partial charge is 0.129 e. The second-order valence-electron chi connectivity index (χ2n) is 6.27. The number of aromatic nitrogens is 1. The van der Waals surface area contributed by atoms with Crippen LogP contribution in [0.5, 0.6) is 0 Å². The summed E-state index contributed by atoms with van der Waals surface area (Å²) in [7, 11) is 0. The summed E-state index contributed by atoms with van der Waals surface area (Å²) in [6, 6.07) is 5.10. The average molecular weight is 275 g/mol. The number of piperidine rings is 1. The summed E-state index contributed by atoms with van der Waals surface area (Å²) in [5.41, 5.74) is 0.952. The van der Waals surface area contributed by atoms with Crippen molar-refractivity contribution >= 4 is 5.82 Å². The quantitative estimate of drug-likeness (QED) is 0.898. The van der Waals surface area contributed by atoms with Crippen LogP contribution in [0.4, 0.5) is 5.82 Å². The molecule has 4 nitrogen and oxygen atoms in total. The van der Waals surface area contributed by atoms with Crippen LogP contribution in [0.25, 0.3) is 0 Å². The van der Waals surface area contributed by atoms with Crippen molar-refractivity contribution in [3.05, 3.63) is 23.9 Å². The Morgan fingerprint density at radius 1 is 1.35 bits per heavy atom. The van der Waals surface area contributed by atoms with Crippen LogP contribution in [0, 0.1) is 0 Å². The minimum Gasteiger partial charge on any atom is -0.389 e. The van der Waals surface area contributed by atoms with E-state index in [9.17, 15) is 5.11 Å². The molecule has 0 spiro atoms. The highest BCUT2D eigenvalue weighted by molar-refractivity contribution is 5.43. The van der Waals surface area contributed by atoms with Gasteiger partial charge < -0.3 is 10.0 Å². The molecule has 1 aromatic rings. The first-order chi connectivity index (χ1) is 9.65. The Kier molecular flexibility index (Phi) is 3.94. The number of hydrogen-bond donors (Lipinski definition) is 1. The topological polar surface area (TPSA) is 39.6 Å². The van der Waals surface area contributed by atoms with Gasteiger partial charge in [0, 0.05) is 31.4 Å². The van der Waals surface area contributed by atoms with Gasteiger partial charge in [-0.15, -0.1) is 0 Å². The van der Waals surface area contributed by atoms with Gasteiger partial charge in [-0.05, 0) is 50.9 Å². The molecule has 3 atom stereocenters. The van der Waals surface area contributed by atoms with E-state index in [0.717, 1.165) is 24.5 Å². The van der Waals surface area contributed by atoms with Gasteiger partial charge in [-0.1, -0.05) is 6.42 Å². The lowest BCUT2D eigenvalue weighted by atomic mass is 9.97. The van der Waals surface area contributed by atoms with E-state index in [2.05, 4.69) is 21.7 Å². The van der Waals surface area contributed by atoms with Crippen molar-refractivity contribution in [1.29, 1.82) is 0 Å². The van der Waals surface area contributed by atoms with E-state index in [4.69, 9.17) is 0 Å². The highest BCUT2D eigenvalue weighted by Gasteiger charge is 2.33. The van der Waals surface area contributed by atoms with Gasteiger partial charge in [-0.25, -0.2) is 4.98 Å². The van der Waals surface area contributed by atoms with Crippen LogP contribution in [0.15, 0.2) is 18.3 Å². The maximum Gasteiger partial charge on any atom is 0.129 e. The van der Waals surface area contributed by atoms with E-state index in [1.165, 1.54) is 25.8 Å². The fraction of sp³-hybridized carbons (Fsp3) is 0.688. The molecule has 2 saturated heterocycles. The molecule has 3 heterocycles. The fourth-order valence-electron chi connectivity index (χ4n) is 3.52. The number of pyridine rings is 1. The Labute approximate surface area is 121 Å². The summed E-state index contributed by atoms with van der Waals surface area (Å²) in [4.78, 5) is 9.59. The van der Waals surface area contributed by atoms with Gasteiger partial charge in [0.05, 0.1) is 6.10 Å². The van der Waals surface area contributed by atoms with Crippen molar-refractivity contribution in [3.8, 4) is 0 Å². The summed E-state index contributed by atoms with van der Waals surface area (Å²) in [6.07, 6.45) is 5.39. The van der Waals surface area contributed by atoms with Gasteiger partial charge in [-0.3, -0.25) is 4.90 Å². The molecule has 2 aliphatic heterocycles. The number of fused-ring (bicyclic) bond motifs is 1. The lowest BCUT2D eigenvalue weighted by Gasteiger charge is -2.48. The highest BCUT2D eigenvalue weighted by atomic mass is 16.3. The molecule has 20 heavy (non-hydrogen) atoms. The molecule has 1 aromatic heterocycles. The van der Waals surface area contributed by atoms with Crippen molar-refractivity contribution in [2.75, 3.05) is 24.5 Å². The zero-order chi connectivity index (χ0) is 14.1. The zero-order valence-electron chi connectivity index (χ0n) is 12.5. The molecule has 2 fully saturated rings. The lowest BCUT2D eigenvalue weighted by molar-refractivity contribution is 0.115. The Morgan fingerprint density at radius 3 is 3.00 bits per heavy atom. The summed E-state index contributed by atoms with van der Waals surface area (Å²) in [5.74, 6) is 1.01. The largest absolute Gasteiger partial charge is 0.389 e. The zero-order valence-corrected chi connectivity index (χ0v) is 12.5. The maximum absolute atomic E-state index is 9.75. The second kappa shape index (κ2) is 5.70. The SMILES string of the molecule is CC1CN2CCCCC2CN1c1cc([C@H](C)O)ccn1. The van der Waals surface area contributed by atoms with Gasteiger partial charge in [0.1, 0.15) is 5.82 Å². The third kappa shape index (κ3) is 2.67. The predicted molar refractivity (Wildman–Crippen MR) is 80.9 cm³/mol. The number of aliphatic hydroxyl groups is 1. The van der Waals surface area contributed by atoms with E-state index >= 15 is 0 Å². The van der Waals surface area contributed by atoms with Crippen LogP contribution in [-0.4, -0.2) is 46.7 Å². The molecule has 0 amide bonds. The molecule has 2 aliphatic rings. The first-order valence-electron chi connectivity index (χ1n) is 7.80. The van der Waals surface area contributed by atoms with E-state index in [1.54, 1.807) is 0 Å². The second-order valence-corrected chi connectivity index (χ2v) is 6.27. The van der Waals surface area contributed by atoms with E-state index < -0.39 is 6.10 Å². The number of hydrogen-bond acceptors (Lipinski definition) is 4. The van der Waals surface area contributed by atoms with Gasteiger partial charge >= 0.3 is 0 Å². The molecule has 3 rings (SSSR count). The molecular formula is C16H25N3O. The molecule has 4 heteroatoms. The van der Waals surface area contributed by atoms with Crippen LogP contribution in [-0.2, 0) is 0 Å². The molecule has 0 radical (unpaired) electrons. The average Bonchev–Trinajstić information content (AvgIpc) is 2.46. The van der Waals surface area contributed by atoms with Crippen molar-refractivity contribution in [2.45, 2.75) is 51.3 Å². The van der Waals surface area contributed by atoms with Crippen molar-refractivity contribution in [3.63, 3.8) is 0 Å². The Balaban J connectivity index is 1.80. The van der Waals surface area contributed by atoms with E-state index in [-0.39, 0.29) is 0 Å². The van der Waals surface area contributed by atoms with Crippen LogP contribution >= 0.6 is 0 Å². The number of rotatable bonds is 2. The monoisotopic (exact) mass is 275 g/mol. The van der Waals surface area contributed by atoms with Gasteiger partial charge in [-0.2, -0.15) is 0 Å². The third-order valence-corrected chi connectivity index (χ3v) is 4.73. The van der Waals surface area contributed by atoms with Gasteiger partial charge in [0.25, 0.3) is 0 Å². The summed E-state index contributed by atoms with van der Waals surface area (Å²) in [6.45, 7) is 7.54. The molecule has 1 N–H and O–H groups in total. The van der Waals surface area contributed by atoms with Crippen molar-refractivity contribution in [2.24, 2.45) is 0 Å². The first kappa shape index (κ1) is 13.8. The maximum atomic E-state index is 9.75. The number of aliphatic hydroxyl groups excluding tert-OH is 1. The Bertz CT molecular complexity index is 463. The molecule has 110 valence electrons. The highest BCUT2D eigenvalue weighted by Crippen LogP contribution is 2.28. The van der Waals surface area contributed by atoms with Gasteiger partial charge in [0.15, 0.2) is 0 Å². The van der Waals surface area contributed by atoms with E-state index in [0.29, 0.717) is 12.1 Å². The number of nitrogens with zero attached hydrogens (tertiary/aromatic N) is 3. The van der Waals surface area contributed by atoms with Crippen molar-refractivity contribution in [1.82, 2.24) is 9.88 Å². The predicted octanol–water partition coefficient (Wildman–Crippen LogP) is 2.20. The van der Waals surface area contributed by atoms with Crippen LogP contribution in [0.2, 0.25) is 0 Å². The lowest BCUT2D eigenvalue weighted by Crippen LogP contribution is -2.59. The third-order valence-electron chi connectivity index (χ3n) is 4.73. The minimum atomic E-state index is -0.428. The summed E-state index contributed by atoms with van der Waals surface area (Å²) >= 11 is 0. The van der Waals surface area contributed by atoms with Crippen LogP contribution in [0.1, 0.15) is 44.8 Å². The fourth-order valence-corrected chi connectivity index (χ4v) is 3.52. The number of anilines is 1. The minimum absolute atomic E-state index is 0.428. The van der Waals surface area contributed by atoms with E-state index in [1.807, 2.05) is 25.3 Å². The van der Waals surface area contributed by atoms with Crippen LogP contribution < -0.4 is 4.90 Å². The molecular weight excluding hydrogens is 250 g/mol. The first-order valence-corrected chi connectivity index (χ1v) is 7.80. The summed E-state index contributed by atoms with van der Waals surface area (Å²) in [5, 5.41) is 9.75. The Morgan fingerprint density at radius 2 is 2.20 bits per heavy atom. The molecule has 0 aromatic carbocycles. The number of piperazine rings is 1. The molecule has 0 aliphatic carbocycles.